The van der Waals surface area contributed by atoms with E-state index in [-0.39, 0.29) is 6.04 Å². The first-order valence-corrected chi connectivity index (χ1v) is 9.92. The van der Waals surface area contributed by atoms with Gasteiger partial charge in [-0.05, 0) is 46.7 Å². The van der Waals surface area contributed by atoms with Crippen molar-refractivity contribution in [2.24, 2.45) is 4.99 Å². The molecule has 0 bridgehead atoms. The van der Waals surface area contributed by atoms with Gasteiger partial charge in [0.15, 0.2) is 5.96 Å². The summed E-state index contributed by atoms with van der Waals surface area (Å²) in [4.78, 5) is 6.83. The van der Waals surface area contributed by atoms with Gasteiger partial charge in [0.05, 0.1) is 0 Å². The minimum absolute atomic E-state index is 0.288. The Hall–Kier alpha value is -0.593. The molecule has 0 atom stereocenters. The first-order valence-electron chi connectivity index (χ1n) is 7.40. The van der Waals surface area contributed by atoms with Crippen LogP contribution in [0.3, 0.4) is 0 Å². The van der Waals surface area contributed by atoms with Crippen LogP contribution in [0.5, 0.6) is 0 Å². The Morgan fingerprint density at radius 1 is 1.20 bits per heavy atom. The third-order valence-corrected chi connectivity index (χ3v) is 6.14. The molecular formula is C14H33N3O2Si. The van der Waals surface area contributed by atoms with Gasteiger partial charge in [-0.25, -0.2) is 0 Å². The Morgan fingerprint density at radius 3 is 2.15 bits per heavy atom. The topological polar surface area (TPSA) is 46.1 Å². The minimum atomic E-state index is -1.95. The molecule has 0 aliphatic carbocycles. The second-order valence-corrected chi connectivity index (χ2v) is 9.50. The highest BCUT2D eigenvalue weighted by atomic mass is 28.4. The van der Waals surface area contributed by atoms with E-state index in [4.69, 9.17) is 8.85 Å². The second-order valence-electron chi connectivity index (χ2n) is 5.91. The zero-order valence-electron chi connectivity index (χ0n) is 14.5. The van der Waals surface area contributed by atoms with Gasteiger partial charge in [0, 0.05) is 39.9 Å². The zero-order chi connectivity index (χ0) is 15.8. The van der Waals surface area contributed by atoms with Crippen molar-refractivity contribution < 1.29 is 8.85 Å². The number of nitrogens with one attached hydrogen (secondary N) is 1. The van der Waals surface area contributed by atoms with Crippen LogP contribution < -0.4 is 5.32 Å². The van der Waals surface area contributed by atoms with Crippen LogP contribution in [0, 0.1) is 0 Å². The number of rotatable bonds is 8. The van der Waals surface area contributed by atoms with Crippen LogP contribution in [0.1, 0.15) is 34.1 Å². The fourth-order valence-electron chi connectivity index (χ4n) is 1.78. The highest BCUT2D eigenvalue weighted by molar-refractivity contribution is 6.65. The maximum atomic E-state index is 5.51. The zero-order valence-corrected chi connectivity index (χ0v) is 15.5. The lowest BCUT2D eigenvalue weighted by atomic mass is 10.4. The van der Waals surface area contributed by atoms with Crippen LogP contribution in [0.4, 0.5) is 0 Å². The molecule has 0 saturated heterocycles. The minimum Gasteiger partial charge on any atom is -0.398 e. The number of aliphatic imine (C=N–C) groups is 1. The van der Waals surface area contributed by atoms with Crippen molar-refractivity contribution in [2.75, 3.05) is 27.8 Å². The maximum Gasteiger partial charge on any atom is 0.334 e. The standard InChI is InChI=1S/C14H33N3O2Si/c1-12(2)15-14(16-13(3)4)17(5)10-9-11-20(8,18-6)19-7/h12-13H,9-11H2,1-8H3,(H,15,16). The molecule has 0 radical (unpaired) electrons. The molecule has 0 aromatic carbocycles. The van der Waals surface area contributed by atoms with E-state index in [1.165, 1.54) is 0 Å². The molecule has 6 heteroatoms. The molecule has 0 heterocycles. The van der Waals surface area contributed by atoms with Crippen molar-refractivity contribution in [3.63, 3.8) is 0 Å². The van der Waals surface area contributed by atoms with Crippen LogP contribution >= 0.6 is 0 Å². The molecule has 0 rings (SSSR count). The predicted octanol–water partition coefficient (Wildman–Crippen LogP) is 2.44. The van der Waals surface area contributed by atoms with E-state index < -0.39 is 8.56 Å². The maximum absolute atomic E-state index is 5.51. The summed E-state index contributed by atoms with van der Waals surface area (Å²) in [5, 5.41) is 3.41. The highest BCUT2D eigenvalue weighted by Crippen LogP contribution is 2.13. The molecule has 0 aromatic heterocycles. The molecule has 0 aromatic rings. The lowest BCUT2D eigenvalue weighted by Gasteiger charge is -2.27. The quantitative estimate of drug-likeness (QED) is 0.425. The molecule has 0 amide bonds. The third kappa shape index (κ3) is 7.87. The van der Waals surface area contributed by atoms with Crippen molar-refractivity contribution in [1.82, 2.24) is 10.2 Å². The van der Waals surface area contributed by atoms with Crippen molar-refractivity contribution in [3.05, 3.63) is 0 Å². The SMILES string of the molecule is CO[Si](C)(CCCN(C)C(=NC(C)C)NC(C)C)OC. The first kappa shape index (κ1) is 19.4. The fraction of sp³-hybridized carbons (Fsp3) is 0.929. The number of nitrogens with zero attached hydrogens (tertiary/aromatic N) is 2. The Kier molecular flexibility index (Phi) is 9.08. The van der Waals surface area contributed by atoms with Gasteiger partial charge in [-0.1, -0.05) is 0 Å². The summed E-state index contributed by atoms with van der Waals surface area (Å²) in [5.41, 5.74) is 0. The van der Waals surface area contributed by atoms with Gasteiger partial charge in [0.1, 0.15) is 0 Å². The summed E-state index contributed by atoms with van der Waals surface area (Å²) in [6, 6.07) is 1.66. The summed E-state index contributed by atoms with van der Waals surface area (Å²) < 4.78 is 11.0. The molecule has 120 valence electrons. The molecule has 20 heavy (non-hydrogen) atoms. The summed E-state index contributed by atoms with van der Waals surface area (Å²) in [6.45, 7) is 11.5. The van der Waals surface area contributed by atoms with E-state index in [0.717, 1.165) is 25.0 Å². The van der Waals surface area contributed by atoms with Crippen molar-refractivity contribution >= 4 is 14.5 Å². The largest absolute Gasteiger partial charge is 0.398 e. The van der Waals surface area contributed by atoms with Gasteiger partial charge >= 0.3 is 8.56 Å². The second kappa shape index (κ2) is 9.36. The molecule has 0 fully saturated rings. The normalized spacial score (nSPS) is 13.2. The summed E-state index contributed by atoms with van der Waals surface area (Å²) in [7, 11) is 3.61. The van der Waals surface area contributed by atoms with E-state index in [9.17, 15) is 0 Å². The number of hydrogen-bond donors (Lipinski definition) is 1. The third-order valence-electron chi connectivity index (χ3n) is 3.15. The Balaban J connectivity index is 4.44. The molecule has 5 nitrogen and oxygen atoms in total. The Morgan fingerprint density at radius 2 is 1.75 bits per heavy atom. The monoisotopic (exact) mass is 303 g/mol. The first-order chi connectivity index (χ1) is 9.24. The van der Waals surface area contributed by atoms with E-state index >= 15 is 0 Å². The molecule has 0 unspecified atom stereocenters. The van der Waals surface area contributed by atoms with E-state index in [1.807, 2.05) is 0 Å². The molecule has 0 aliphatic heterocycles. The van der Waals surface area contributed by atoms with Crippen LogP contribution in [-0.2, 0) is 8.85 Å². The van der Waals surface area contributed by atoms with Crippen LogP contribution in [0.15, 0.2) is 4.99 Å². The smallest absolute Gasteiger partial charge is 0.334 e. The van der Waals surface area contributed by atoms with Crippen LogP contribution in [0.2, 0.25) is 12.6 Å². The highest BCUT2D eigenvalue weighted by Gasteiger charge is 2.28. The van der Waals surface area contributed by atoms with Gasteiger partial charge in [0.2, 0.25) is 0 Å². The summed E-state index contributed by atoms with van der Waals surface area (Å²) in [6.07, 6.45) is 1.04. The Labute approximate surface area is 126 Å². The summed E-state index contributed by atoms with van der Waals surface area (Å²) >= 11 is 0. The van der Waals surface area contributed by atoms with Gasteiger partial charge in [-0.2, -0.15) is 0 Å². The molecular weight excluding hydrogens is 270 g/mol. The van der Waals surface area contributed by atoms with Crippen molar-refractivity contribution in [1.29, 1.82) is 0 Å². The van der Waals surface area contributed by atoms with Gasteiger partial charge < -0.3 is 19.1 Å². The van der Waals surface area contributed by atoms with Gasteiger partial charge in [0.25, 0.3) is 0 Å². The molecule has 0 spiro atoms. The Bertz CT molecular complexity index is 292. The molecule has 1 N–H and O–H groups in total. The van der Waals surface area contributed by atoms with Crippen LogP contribution in [-0.4, -0.2) is 59.3 Å². The lowest BCUT2D eigenvalue weighted by molar-refractivity contribution is 0.247. The number of guanidine groups is 1. The van der Waals surface area contributed by atoms with Crippen molar-refractivity contribution in [3.8, 4) is 0 Å². The average Bonchev–Trinajstić information content (AvgIpc) is 2.36. The lowest BCUT2D eigenvalue weighted by Crippen LogP contribution is -2.44. The van der Waals surface area contributed by atoms with Crippen molar-refractivity contribution in [2.45, 2.75) is 58.8 Å². The van der Waals surface area contributed by atoms with Gasteiger partial charge in [-0.3, -0.25) is 4.99 Å². The van der Waals surface area contributed by atoms with E-state index in [2.05, 4.69) is 56.5 Å². The van der Waals surface area contributed by atoms with Crippen LogP contribution in [0.25, 0.3) is 0 Å². The van der Waals surface area contributed by atoms with E-state index in [1.54, 1.807) is 14.2 Å². The molecule has 0 saturated carbocycles. The van der Waals surface area contributed by atoms with Gasteiger partial charge in [-0.15, -0.1) is 0 Å². The average molecular weight is 304 g/mol. The van der Waals surface area contributed by atoms with E-state index in [0.29, 0.717) is 6.04 Å². The summed E-state index contributed by atoms with van der Waals surface area (Å²) in [5.74, 6) is 0.966. The molecule has 0 aliphatic rings. The fourth-order valence-corrected chi connectivity index (χ4v) is 3.15. The number of hydrogen-bond acceptors (Lipinski definition) is 3. The predicted molar refractivity (Wildman–Crippen MR) is 88.5 cm³/mol.